The van der Waals surface area contributed by atoms with Gasteiger partial charge in [0.25, 0.3) is 0 Å². The zero-order valence-electron chi connectivity index (χ0n) is 20.4. The van der Waals surface area contributed by atoms with Crippen molar-refractivity contribution in [1.82, 2.24) is 14.8 Å². The fraction of sp³-hybridized carbons (Fsp3) is 0.407. The first-order valence-corrected chi connectivity index (χ1v) is 12.6. The van der Waals surface area contributed by atoms with E-state index in [1.54, 1.807) is 21.9 Å². The minimum atomic E-state index is -1.03. The van der Waals surface area contributed by atoms with E-state index in [2.05, 4.69) is 11.9 Å². The lowest BCUT2D eigenvalue weighted by Gasteiger charge is -2.47. The molecule has 36 heavy (non-hydrogen) atoms. The molecule has 9 nitrogen and oxygen atoms in total. The summed E-state index contributed by atoms with van der Waals surface area (Å²) in [6.45, 7) is 3.86. The number of fused-ring (bicyclic) bond motifs is 4. The highest BCUT2D eigenvalue weighted by Crippen LogP contribution is 2.42. The molecule has 0 aliphatic carbocycles. The summed E-state index contributed by atoms with van der Waals surface area (Å²) >= 11 is 0. The number of para-hydroxylation sites is 1. The number of benzene rings is 2. The van der Waals surface area contributed by atoms with Crippen LogP contribution in [0.2, 0.25) is 0 Å². The molecule has 5 rings (SSSR count). The number of carbonyl (C=O) groups excluding carboxylic acids is 2. The Morgan fingerprint density at radius 2 is 1.94 bits per heavy atom. The number of rotatable bonds is 9. The van der Waals surface area contributed by atoms with Gasteiger partial charge >= 0.3 is 0 Å². The molecule has 1 saturated heterocycles. The van der Waals surface area contributed by atoms with Crippen molar-refractivity contribution in [2.75, 3.05) is 26.3 Å². The molecule has 2 aliphatic heterocycles. The summed E-state index contributed by atoms with van der Waals surface area (Å²) < 4.78 is 5.64. The van der Waals surface area contributed by atoms with Crippen LogP contribution in [0.5, 0.6) is 0 Å². The van der Waals surface area contributed by atoms with E-state index >= 15 is 0 Å². The molecular weight excluding hydrogens is 460 g/mol. The van der Waals surface area contributed by atoms with Gasteiger partial charge in [-0.1, -0.05) is 43.7 Å². The Morgan fingerprint density at radius 3 is 2.75 bits per heavy atom. The second-order valence-corrected chi connectivity index (χ2v) is 9.50. The van der Waals surface area contributed by atoms with Crippen LogP contribution in [0.1, 0.15) is 49.0 Å². The molecular formula is C27H32N4O5. The minimum Gasteiger partial charge on any atom is -0.595 e. The number of amides is 2. The number of nitrogens with one attached hydrogen (secondary N) is 2. The molecule has 2 aromatic carbocycles. The largest absolute Gasteiger partial charge is 0.595 e. The van der Waals surface area contributed by atoms with Crippen molar-refractivity contribution >= 4 is 28.4 Å². The predicted octanol–water partition coefficient (Wildman–Crippen LogP) is 2.46. The van der Waals surface area contributed by atoms with E-state index in [4.69, 9.17) is 4.74 Å². The van der Waals surface area contributed by atoms with Crippen molar-refractivity contribution in [3.05, 3.63) is 70.6 Å². The van der Waals surface area contributed by atoms with Crippen molar-refractivity contribution in [2.24, 2.45) is 0 Å². The van der Waals surface area contributed by atoms with Gasteiger partial charge in [0.15, 0.2) is 5.69 Å². The standard InChI is InChI=1S/C27H32N4O5/c1-2-3-13-36-14-7-12-29-17-24(32)30-23(27(29)33)16-21-20-10-4-5-11-22(20)28-25(21)26(30)18-8-6-9-19(15-18)31(34)35/h4-6,8-11,15,23,26,28,31,34H,2-3,7,12-14,16-17H2,1H3/t23-,26?/m0/s1. The Labute approximate surface area is 209 Å². The summed E-state index contributed by atoms with van der Waals surface area (Å²) in [5.41, 5.74) is 3.60. The molecule has 3 aromatic rings. The first-order valence-electron chi connectivity index (χ1n) is 12.6. The molecule has 3 atom stereocenters. The van der Waals surface area contributed by atoms with Crippen LogP contribution in [0, 0.1) is 5.21 Å². The molecule has 3 N–H and O–H groups in total. The molecule has 0 bridgehead atoms. The second-order valence-electron chi connectivity index (χ2n) is 9.50. The quantitative estimate of drug-likeness (QED) is 0.314. The zero-order chi connectivity index (χ0) is 25.2. The number of quaternary nitrogens is 1. The number of ether oxygens (including phenoxy) is 1. The highest BCUT2D eigenvalue weighted by molar-refractivity contribution is 5.97. The highest BCUT2D eigenvalue weighted by atomic mass is 16.8. The van der Waals surface area contributed by atoms with Crippen molar-refractivity contribution in [1.29, 1.82) is 0 Å². The monoisotopic (exact) mass is 492 g/mol. The Bertz CT molecular complexity index is 1260. The van der Waals surface area contributed by atoms with E-state index in [9.17, 15) is 20.0 Å². The van der Waals surface area contributed by atoms with E-state index in [1.807, 2.05) is 30.3 Å². The number of hydrogen-bond acceptors (Lipinski definition) is 5. The van der Waals surface area contributed by atoms with Gasteiger partial charge in [-0.3, -0.25) is 9.59 Å². The minimum absolute atomic E-state index is 0.00891. The van der Waals surface area contributed by atoms with Crippen molar-refractivity contribution in [2.45, 2.75) is 44.7 Å². The summed E-state index contributed by atoms with van der Waals surface area (Å²) in [6.07, 6.45) is 3.18. The number of hydrogen-bond donors (Lipinski definition) is 3. The lowest BCUT2D eigenvalue weighted by molar-refractivity contribution is -0.991. The summed E-state index contributed by atoms with van der Waals surface area (Å²) in [5.74, 6) is -0.208. The van der Waals surface area contributed by atoms with Crippen molar-refractivity contribution < 1.29 is 24.8 Å². The van der Waals surface area contributed by atoms with E-state index in [-0.39, 0.29) is 24.0 Å². The lowest BCUT2D eigenvalue weighted by Crippen LogP contribution is -2.99. The summed E-state index contributed by atoms with van der Waals surface area (Å²) in [6, 6.07) is 13.3. The van der Waals surface area contributed by atoms with Crippen LogP contribution < -0.4 is 5.23 Å². The smallest absolute Gasteiger partial charge is 0.246 e. The molecule has 190 valence electrons. The maximum Gasteiger partial charge on any atom is 0.246 e. The molecule has 1 aromatic heterocycles. The number of nitrogens with zero attached hydrogens (tertiary/aromatic N) is 2. The number of unbranched alkanes of at least 4 members (excludes halogenated alkanes) is 1. The van der Waals surface area contributed by atoms with Crippen LogP contribution >= 0.6 is 0 Å². The Hall–Kier alpha value is -3.24. The number of carbonyl (C=O) groups is 2. The molecule has 0 spiro atoms. The topological polar surface area (TPSA) is 113 Å². The van der Waals surface area contributed by atoms with Crippen molar-refractivity contribution in [3.63, 3.8) is 0 Å². The Kier molecular flexibility index (Phi) is 7.06. The van der Waals surface area contributed by atoms with Gasteiger partial charge in [0, 0.05) is 54.9 Å². The van der Waals surface area contributed by atoms with Crippen LogP contribution in [-0.2, 0) is 20.7 Å². The van der Waals surface area contributed by atoms with Crippen LogP contribution in [0.3, 0.4) is 0 Å². The summed E-state index contributed by atoms with van der Waals surface area (Å²) in [7, 11) is 0. The maximum absolute atomic E-state index is 13.7. The normalized spacial score (nSPS) is 20.5. The van der Waals surface area contributed by atoms with Crippen LogP contribution in [0.25, 0.3) is 10.9 Å². The van der Waals surface area contributed by atoms with Gasteiger partial charge < -0.3 is 24.7 Å². The third-order valence-electron chi connectivity index (χ3n) is 7.15. The van der Waals surface area contributed by atoms with Crippen LogP contribution in [-0.4, -0.2) is 64.2 Å². The Morgan fingerprint density at radius 1 is 1.14 bits per heavy atom. The first kappa shape index (κ1) is 24.5. The van der Waals surface area contributed by atoms with E-state index in [0.29, 0.717) is 38.2 Å². The lowest BCUT2D eigenvalue weighted by atomic mass is 9.86. The summed E-state index contributed by atoms with van der Waals surface area (Å²) in [4.78, 5) is 34.0. The van der Waals surface area contributed by atoms with Gasteiger partial charge in [-0.15, -0.1) is 0 Å². The summed E-state index contributed by atoms with van der Waals surface area (Å²) in [5, 5.41) is 21.2. The zero-order valence-corrected chi connectivity index (χ0v) is 20.4. The van der Waals surface area contributed by atoms with Crippen molar-refractivity contribution in [3.8, 4) is 0 Å². The molecule has 2 aliphatic rings. The first-order chi connectivity index (χ1) is 17.5. The van der Waals surface area contributed by atoms with Gasteiger partial charge in [0.1, 0.15) is 6.04 Å². The third kappa shape index (κ3) is 4.51. The fourth-order valence-electron chi connectivity index (χ4n) is 5.41. The Balaban J connectivity index is 1.49. The number of aromatic nitrogens is 1. The van der Waals surface area contributed by atoms with E-state index in [1.165, 1.54) is 6.07 Å². The molecule has 9 heteroatoms. The highest BCUT2D eigenvalue weighted by Gasteiger charge is 2.48. The SMILES string of the molecule is CCCCOCCCN1CC(=O)N2C(c3cccc([NH+]([O-])O)c3)c3[nH]c4ccccc4c3C[C@H]2C1=O. The van der Waals surface area contributed by atoms with Crippen LogP contribution in [0.4, 0.5) is 5.69 Å². The van der Waals surface area contributed by atoms with Crippen LogP contribution in [0.15, 0.2) is 48.5 Å². The molecule has 2 amide bonds. The molecule has 0 radical (unpaired) electrons. The molecule has 3 heterocycles. The van der Waals surface area contributed by atoms with Gasteiger partial charge in [-0.05, 0) is 30.0 Å². The van der Waals surface area contributed by atoms with E-state index < -0.39 is 17.3 Å². The van der Waals surface area contributed by atoms with Gasteiger partial charge in [-0.25, -0.2) is 5.21 Å². The molecule has 1 fully saturated rings. The molecule has 2 unspecified atom stereocenters. The average molecular weight is 493 g/mol. The average Bonchev–Trinajstić information content (AvgIpc) is 3.26. The van der Waals surface area contributed by atoms with Gasteiger partial charge in [0.2, 0.25) is 11.8 Å². The van der Waals surface area contributed by atoms with Gasteiger partial charge in [0.05, 0.1) is 12.6 Å². The number of H-pyrrole nitrogens is 1. The van der Waals surface area contributed by atoms with E-state index in [0.717, 1.165) is 35.0 Å². The fourth-order valence-corrected chi connectivity index (χ4v) is 5.41. The number of piperazine rings is 1. The number of aromatic amines is 1. The predicted molar refractivity (Wildman–Crippen MR) is 134 cm³/mol. The third-order valence-corrected chi connectivity index (χ3v) is 7.15. The van der Waals surface area contributed by atoms with Gasteiger partial charge in [-0.2, -0.15) is 5.23 Å². The maximum atomic E-state index is 13.7. The second kappa shape index (κ2) is 10.4. The molecule has 0 saturated carbocycles.